The van der Waals surface area contributed by atoms with Gasteiger partial charge in [0.05, 0.1) is 40.3 Å². The largest absolute Gasteiger partial charge is 0.390 e. The Balaban J connectivity index is 1.53. The van der Waals surface area contributed by atoms with Crippen LogP contribution in [0, 0.1) is 37.8 Å². The minimum absolute atomic E-state index is 0.121. The van der Waals surface area contributed by atoms with Crippen LogP contribution in [-0.4, -0.2) is 35.5 Å². The zero-order chi connectivity index (χ0) is 23.7. The first-order valence-electron chi connectivity index (χ1n) is 10.3. The Labute approximate surface area is 189 Å². The lowest BCUT2D eigenvalue weighted by molar-refractivity contribution is -0.389. The number of aromatic nitrogens is 5. The molecule has 0 bridgehead atoms. The van der Waals surface area contributed by atoms with Gasteiger partial charge in [0.1, 0.15) is 5.76 Å². The van der Waals surface area contributed by atoms with E-state index in [-0.39, 0.29) is 24.6 Å². The number of hydrogen-bond acceptors (Lipinski definition) is 7. The molecular formula is C22H23N7O4. The summed E-state index contributed by atoms with van der Waals surface area (Å²) < 4.78 is 8.54. The Morgan fingerprint density at radius 2 is 1.85 bits per heavy atom. The molecule has 3 heterocycles. The van der Waals surface area contributed by atoms with Crippen molar-refractivity contribution in [1.29, 1.82) is 0 Å². The van der Waals surface area contributed by atoms with E-state index in [0.29, 0.717) is 17.0 Å². The number of aryl methyl sites for hydroxylation is 3. The van der Waals surface area contributed by atoms with Crippen LogP contribution < -0.4 is 5.32 Å². The molecule has 0 unspecified atom stereocenters. The summed E-state index contributed by atoms with van der Waals surface area (Å²) in [5.74, 6) is -0.219. The molecule has 170 valence electrons. The van der Waals surface area contributed by atoms with Crippen molar-refractivity contribution in [3.63, 3.8) is 0 Å². The summed E-state index contributed by atoms with van der Waals surface area (Å²) >= 11 is 0. The second-order valence-electron chi connectivity index (χ2n) is 7.70. The van der Waals surface area contributed by atoms with Gasteiger partial charge in [-0.2, -0.15) is 9.78 Å². The maximum absolute atomic E-state index is 12.9. The van der Waals surface area contributed by atoms with Crippen molar-refractivity contribution in [3.05, 3.63) is 86.2 Å². The molecule has 4 aromatic rings. The van der Waals surface area contributed by atoms with E-state index in [1.807, 2.05) is 48.9 Å². The van der Waals surface area contributed by atoms with Gasteiger partial charge < -0.3 is 20.0 Å². The second-order valence-corrected chi connectivity index (χ2v) is 7.70. The number of nitrogens with zero attached hydrogens (tertiary/aromatic N) is 6. The standard InChI is InChI=1S/C22H23N7O4/c1-13-10-20(29(31)32)25-27(13)12-19-16(4)33-26-21(19)22(30)23-11-18-14(2)24-28(15(18)3)17-8-6-5-7-9-17/h5-10H,11-12H2,1-4H3,(H,23,30). The minimum atomic E-state index is -0.558. The zero-order valence-corrected chi connectivity index (χ0v) is 18.7. The quantitative estimate of drug-likeness (QED) is 0.338. The van der Waals surface area contributed by atoms with Crippen molar-refractivity contribution >= 4 is 11.7 Å². The summed E-state index contributed by atoms with van der Waals surface area (Å²) in [6, 6.07) is 11.1. The third kappa shape index (κ3) is 4.25. The van der Waals surface area contributed by atoms with Crippen LogP contribution in [0.15, 0.2) is 40.9 Å². The molecule has 4 rings (SSSR count). The molecule has 3 aromatic heterocycles. The number of carbonyl (C=O) groups excluding carboxylic acids is 1. The summed E-state index contributed by atoms with van der Waals surface area (Å²) in [4.78, 5) is 23.4. The average molecular weight is 449 g/mol. The van der Waals surface area contributed by atoms with Gasteiger partial charge in [-0.1, -0.05) is 23.4 Å². The summed E-state index contributed by atoms with van der Waals surface area (Å²) in [6.07, 6.45) is 0. The maximum atomic E-state index is 12.9. The van der Waals surface area contributed by atoms with Crippen LogP contribution in [0.25, 0.3) is 5.69 Å². The third-order valence-corrected chi connectivity index (χ3v) is 5.53. The number of amides is 1. The SMILES string of the molecule is Cc1nn(-c2ccccc2)c(C)c1CNC(=O)c1noc(C)c1Cn1nc([N+](=O)[O-])cc1C. The lowest BCUT2D eigenvalue weighted by Gasteiger charge is -2.07. The van der Waals surface area contributed by atoms with E-state index >= 15 is 0 Å². The third-order valence-electron chi connectivity index (χ3n) is 5.53. The van der Waals surface area contributed by atoms with Crippen molar-refractivity contribution in [3.8, 4) is 5.69 Å². The summed E-state index contributed by atoms with van der Waals surface area (Å²) in [6.45, 7) is 7.63. The lowest BCUT2D eigenvalue weighted by atomic mass is 10.1. The van der Waals surface area contributed by atoms with E-state index in [4.69, 9.17) is 4.52 Å². The molecule has 0 saturated carbocycles. The van der Waals surface area contributed by atoms with E-state index in [0.717, 1.165) is 22.6 Å². The van der Waals surface area contributed by atoms with Gasteiger partial charge in [-0.3, -0.25) is 4.79 Å². The molecule has 1 amide bonds. The lowest BCUT2D eigenvalue weighted by Crippen LogP contribution is -2.25. The predicted molar refractivity (Wildman–Crippen MR) is 118 cm³/mol. The fourth-order valence-electron chi connectivity index (χ4n) is 3.65. The van der Waals surface area contributed by atoms with Crippen LogP contribution >= 0.6 is 0 Å². The molecule has 0 fully saturated rings. The zero-order valence-electron chi connectivity index (χ0n) is 18.7. The summed E-state index contributed by atoms with van der Waals surface area (Å²) in [7, 11) is 0. The second kappa shape index (κ2) is 8.69. The van der Waals surface area contributed by atoms with Gasteiger partial charge in [0.2, 0.25) is 0 Å². The van der Waals surface area contributed by atoms with Gasteiger partial charge in [-0.05, 0) is 44.8 Å². The fourth-order valence-corrected chi connectivity index (χ4v) is 3.65. The van der Waals surface area contributed by atoms with Crippen LogP contribution in [0.1, 0.15) is 44.5 Å². The van der Waals surface area contributed by atoms with Crippen LogP contribution in [0.5, 0.6) is 0 Å². The van der Waals surface area contributed by atoms with Gasteiger partial charge in [-0.15, -0.1) is 0 Å². The number of nitrogens with one attached hydrogen (secondary N) is 1. The molecule has 0 spiro atoms. The molecule has 1 N–H and O–H groups in total. The first kappa shape index (κ1) is 21.9. The van der Waals surface area contributed by atoms with E-state index in [1.54, 1.807) is 13.8 Å². The number of carbonyl (C=O) groups is 1. The van der Waals surface area contributed by atoms with Crippen LogP contribution in [0.4, 0.5) is 5.82 Å². The van der Waals surface area contributed by atoms with Crippen molar-refractivity contribution in [2.24, 2.45) is 0 Å². The summed E-state index contributed by atoms with van der Waals surface area (Å²) in [5.41, 5.74) is 4.81. The number of benzene rings is 1. The van der Waals surface area contributed by atoms with E-state index in [1.165, 1.54) is 10.7 Å². The minimum Gasteiger partial charge on any atom is -0.361 e. The highest BCUT2D eigenvalue weighted by Gasteiger charge is 2.24. The molecule has 0 saturated heterocycles. The van der Waals surface area contributed by atoms with Crippen LogP contribution in [-0.2, 0) is 13.1 Å². The highest BCUT2D eigenvalue weighted by molar-refractivity contribution is 5.93. The Morgan fingerprint density at radius 1 is 1.12 bits per heavy atom. The molecule has 33 heavy (non-hydrogen) atoms. The molecule has 0 radical (unpaired) electrons. The molecule has 11 nitrogen and oxygen atoms in total. The Hall–Kier alpha value is -4.28. The van der Waals surface area contributed by atoms with Crippen molar-refractivity contribution in [2.75, 3.05) is 0 Å². The maximum Gasteiger partial charge on any atom is 0.390 e. The van der Waals surface area contributed by atoms with Crippen molar-refractivity contribution in [1.82, 2.24) is 30.0 Å². The molecule has 0 aliphatic rings. The highest BCUT2D eigenvalue weighted by Crippen LogP contribution is 2.20. The molecule has 1 aromatic carbocycles. The summed E-state index contributed by atoms with van der Waals surface area (Å²) in [5, 5.41) is 26.4. The smallest absolute Gasteiger partial charge is 0.361 e. The average Bonchev–Trinajstić information content (AvgIpc) is 3.43. The molecule has 11 heteroatoms. The molecular weight excluding hydrogens is 426 g/mol. The van der Waals surface area contributed by atoms with E-state index < -0.39 is 10.8 Å². The first-order chi connectivity index (χ1) is 15.8. The number of rotatable bonds is 7. The topological polar surface area (TPSA) is 134 Å². The molecule has 0 aliphatic heterocycles. The van der Waals surface area contributed by atoms with Crippen molar-refractivity contribution < 1.29 is 14.2 Å². The van der Waals surface area contributed by atoms with E-state index in [9.17, 15) is 14.9 Å². The highest BCUT2D eigenvalue weighted by atomic mass is 16.6. The van der Waals surface area contributed by atoms with Gasteiger partial charge in [0.15, 0.2) is 5.69 Å². The monoisotopic (exact) mass is 449 g/mol. The van der Waals surface area contributed by atoms with Gasteiger partial charge in [-0.25, -0.2) is 4.68 Å². The number of hydrogen-bond donors (Lipinski definition) is 1. The number of nitro groups is 1. The first-order valence-corrected chi connectivity index (χ1v) is 10.3. The van der Waals surface area contributed by atoms with E-state index in [2.05, 4.69) is 20.7 Å². The van der Waals surface area contributed by atoms with Crippen molar-refractivity contribution in [2.45, 2.75) is 40.8 Å². The van der Waals surface area contributed by atoms with Gasteiger partial charge in [0.25, 0.3) is 5.91 Å². The van der Waals surface area contributed by atoms with Crippen LogP contribution in [0.2, 0.25) is 0 Å². The predicted octanol–water partition coefficient (Wildman–Crippen LogP) is 3.18. The fraction of sp³-hybridized carbons (Fsp3) is 0.273. The van der Waals surface area contributed by atoms with Gasteiger partial charge >= 0.3 is 5.82 Å². The molecule has 0 aliphatic carbocycles. The normalized spacial score (nSPS) is 11.0. The van der Waals surface area contributed by atoms with Crippen LogP contribution in [0.3, 0.4) is 0 Å². The molecule has 0 atom stereocenters. The van der Waals surface area contributed by atoms with Gasteiger partial charge in [0, 0.05) is 17.8 Å². The Bertz CT molecular complexity index is 1330. The Morgan fingerprint density at radius 3 is 2.52 bits per heavy atom. The number of para-hydroxylation sites is 1. The Kier molecular flexibility index (Phi) is 5.78.